The summed E-state index contributed by atoms with van der Waals surface area (Å²) in [4.78, 5) is 19.4. The van der Waals surface area contributed by atoms with Crippen LogP contribution in [0.2, 0.25) is 0 Å². The van der Waals surface area contributed by atoms with E-state index in [1.165, 1.54) is 0 Å². The van der Waals surface area contributed by atoms with Crippen LogP contribution in [-0.2, 0) is 0 Å². The number of carbonyl (C=O) groups excluding carboxylic acids is 1. The standard InChI is InChI=1S/C18H16N2OS/c1-10-8-9-11(2)16-14(10)15-17(19-16)22-13-7-5-4-6-12(13)20(3)18(15)21/h4-9,19H,1-3H3. The molecule has 0 bridgehead atoms. The molecular formula is C18H16N2OS. The fourth-order valence-electron chi connectivity index (χ4n) is 3.07. The highest BCUT2D eigenvalue weighted by Crippen LogP contribution is 2.43. The Labute approximate surface area is 133 Å². The van der Waals surface area contributed by atoms with E-state index in [0.717, 1.165) is 43.2 Å². The maximum Gasteiger partial charge on any atom is 0.261 e. The van der Waals surface area contributed by atoms with Crippen molar-refractivity contribution in [2.45, 2.75) is 23.8 Å². The molecule has 4 rings (SSSR count). The number of nitrogens with one attached hydrogen (secondary N) is 1. The van der Waals surface area contributed by atoms with Crippen molar-refractivity contribution in [3.8, 4) is 0 Å². The highest BCUT2D eigenvalue weighted by molar-refractivity contribution is 7.99. The van der Waals surface area contributed by atoms with Crippen molar-refractivity contribution < 1.29 is 4.79 Å². The Morgan fingerprint density at radius 3 is 2.59 bits per heavy atom. The van der Waals surface area contributed by atoms with Crippen LogP contribution in [0.4, 0.5) is 5.69 Å². The lowest BCUT2D eigenvalue weighted by molar-refractivity contribution is 0.0992. The summed E-state index contributed by atoms with van der Waals surface area (Å²) >= 11 is 1.64. The predicted molar refractivity (Wildman–Crippen MR) is 91.1 cm³/mol. The molecule has 1 aromatic heterocycles. The molecule has 2 heterocycles. The van der Waals surface area contributed by atoms with Gasteiger partial charge >= 0.3 is 0 Å². The number of aryl methyl sites for hydroxylation is 2. The molecule has 3 nitrogen and oxygen atoms in total. The normalized spacial score (nSPS) is 14.0. The maximum atomic E-state index is 13.0. The Hall–Kier alpha value is -2.20. The monoisotopic (exact) mass is 308 g/mol. The SMILES string of the molecule is Cc1ccc(C)c2c3c([nH]c12)Sc1ccccc1N(C)C3=O. The lowest BCUT2D eigenvalue weighted by Gasteiger charge is -2.17. The van der Waals surface area contributed by atoms with E-state index in [2.05, 4.69) is 37.0 Å². The Morgan fingerprint density at radius 1 is 1.05 bits per heavy atom. The summed E-state index contributed by atoms with van der Waals surface area (Å²) in [5.74, 6) is 0.0485. The van der Waals surface area contributed by atoms with Gasteiger partial charge in [0, 0.05) is 17.3 Å². The molecule has 2 aromatic carbocycles. The van der Waals surface area contributed by atoms with E-state index < -0.39 is 0 Å². The summed E-state index contributed by atoms with van der Waals surface area (Å²) in [6.45, 7) is 4.14. The molecule has 4 heteroatoms. The molecule has 0 saturated carbocycles. The number of aromatic nitrogens is 1. The quantitative estimate of drug-likeness (QED) is 0.662. The van der Waals surface area contributed by atoms with Crippen LogP contribution in [0.25, 0.3) is 10.9 Å². The van der Waals surface area contributed by atoms with Gasteiger partial charge in [-0.25, -0.2) is 0 Å². The van der Waals surface area contributed by atoms with Crippen molar-refractivity contribution in [2.75, 3.05) is 11.9 Å². The molecule has 0 radical (unpaired) electrons. The first-order valence-corrected chi connectivity index (χ1v) is 8.06. The number of benzene rings is 2. The van der Waals surface area contributed by atoms with Crippen LogP contribution in [0.15, 0.2) is 46.3 Å². The van der Waals surface area contributed by atoms with Gasteiger partial charge in [0.15, 0.2) is 0 Å². The van der Waals surface area contributed by atoms with Crippen molar-refractivity contribution in [1.29, 1.82) is 0 Å². The van der Waals surface area contributed by atoms with Crippen molar-refractivity contribution in [2.24, 2.45) is 0 Å². The summed E-state index contributed by atoms with van der Waals surface area (Å²) in [5.41, 5.74) is 5.11. The number of aromatic amines is 1. The molecular weight excluding hydrogens is 292 g/mol. The van der Waals surface area contributed by atoms with Crippen LogP contribution in [0, 0.1) is 13.8 Å². The van der Waals surface area contributed by atoms with Crippen molar-refractivity contribution in [3.63, 3.8) is 0 Å². The van der Waals surface area contributed by atoms with Crippen LogP contribution in [0.3, 0.4) is 0 Å². The van der Waals surface area contributed by atoms with Gasteiger partial charge in [-0.2, -0.15) is 0 Å². The zero-order chi connectivity index (χ0) is 15.4. The Bertz CT molecular complexity index is 926. The Balaban J connectivity index is 2.08. The van der Waals surface area contributed by atoms with E-state index >= 15 is 0 Å². The van der Waals surface area contributed by atoms with Crippen molar-refractivity contribution >= 4 is 34.3 Å². The van der Waals surface area contributed by atoms with E-state index in [0.29, 0.717) is 0 Å². The van der Waals surface area contributed by atoms with Gasteiger partial charge in [-0.15, -0.1) is 0 Å². The van der Waals surface area contributed by atoms with Crippen LogP contribution in [-0.4, -0.2) is 17.9 Å². The molecule has 1 amide bonds. The summed E-state index contributed by atoms with van der Waals surface area (Å²) < 4.78 is 0. The van der Waals surface area contributed by atoms with Crippen molar-refractivity contribution in [1.82, 2.24) is 4.98 Å². The third-order valence-corrected chi connectivity index (χ3v) is 5.37. The molecule has 3 aromatic rings. The highest BCUT2D eigenvalue weighted by Gasteiger charge is 2.29. The van der Waals surface area contributed by atoms with Crippen LogP contribution >= 0.6 is 11.8 Å². The molecule has 0 unspecified atom stereocenters. The average molecular weight is 308 g/mol. The average Bonchev–Trinajstić information content (AvgIpc) is 2.86. The molecule has 0 atom stereocenters. The van der Waals surface area contributed by atoms with Gasteiger partial charge in [-0.1, -0.05) is 36.0 Å². The number of carbonyl (C=O) groups is 1. The smallest absolute Gasteiger partial charge is 0.261 e. The second-order valence-corrected chi connectivity index (χ2v) is 6.76. The minimum absolute atomic E-state index is 0.0485. The molecule has 1 N–H and O–H groups in total. The topological polar surface area (TPSA) is 36.1 Å². The minimum Gasteiger partial charge on any atom is -0.349 e. The molecule has 1 aliphatic heterocycles. The molecule has 0 fully saturated rings. The van der Waals surface area contributed by atoms with E-state index in [9.17, 15) is 4.79 Å². The molecule has 0 saturated heterocycles. The third-order valence-electron chi connectivity index (χ3n) is 4.29. The van der Waals surface area contributed by atoms with E-state index in [1.54, 1.807) is 16.7 Å². The van der Waals surface area contributed by atoms with Gasteiger partial charge in [0.05, 0.1) is 21.8 Å². The van der Waals surface area contributed by atoms with E-state index in [-0.39, 0.29) is 5.91 Å². The largest absolute Gasteiger partial charge is 0.349 e. The van der Waals surface area contributed by atoms with Crippen LogP contribution in [0.1, 0.15) is 21.5 Å². The number of rotatable bonds is 0. The number of para-hydroxylation sites is 1. The maximum absolute atomic E-state index is 13.0. The number of hydrogen-bond donors (Lipinski definition) is 1. The summed E-state index contributed by atoms with van der Waals surface area (Å²) in [6.07, 6.45) is 0. The molecule has 110 valence electrons. The van der Waals surface area contributed by atoms with E-state index in [4.69, 9.17) is 0 Å². The highest BCUT2D eigenvalue weighted by atomic mass is 32.2. The fraction of sp³-hybridized carbons (Fsp3) is 0.167. The van der Waals surface area contributed by atoms with Crippen LogP contribution < -0.4 is 4.90 Å². The molecule has 1 aliphatic rings. The number of anilines is 1. The number of amides is 1. The number of H-pyrrole nitrogens is 1. The Kier molecular flexibility index (Phi) is 2.84. The zero-order valence-corrected chi connectivity index (χ0v) is 13.5. The third kappa shape index (κ3) is 1.74. The summed E-state index contributed by atoms with van der Waals surface area (Å²) in [6, 6.07) is 12.2. The lowest BCUT2D eigenvalue weighted by atomic mass is 10.0. The van der Waals surface area contributed by atoms with Gasteiger partial charge in [0.2, 0.25) is 0 Å². The number of fused-ring (bicyclic) bond motifs is 4. The first-order chi connectivity index (χ1) is 10.6. The predicted octanol–water partition coefficient (Wildman–Crippen LogP) is 4.53. The van der Waals surface area contributed by atoms with Crippen molar-refractivity contribution in [3.05, 3.63) is 53.1 Å². The number of hydrogen-bond acceptors (Lipinski definition) is 2. The second kappa shape index (κ2) is 4.65. The first kappa shape index (κ1) is 13.5. The number of nitrogens with zero attached hydrogens (tertiary/aromatic N) is 1. The first-order valence-electron chi connectivity index (χ1n) is 7.24. The Morgan fingerprint density at radius 2 is 1.77 bits per heavy atom. The van der Waals surface area contributed by atoms with Gasteiger partial charge in [-0.3, -0.25) is 4.79 Å². The molecule has 0 aliphatic carbocycles. The van der Waals surface area contributed by atoms with E-state index in [1.807, 2.05) is 25.2 Å². The molecule has 22 heavy (non-hydrogen) atoms. The minimum atomic E-state index is 0.0485. The zero-order valence-electron chi connectivity index (χ0n) is 12.7. The second-order valence-electron chi connectivity index (χ2n) is 5.71. The van der Waals surface area contributed by atoms with Crippen LogP contribution in [0.5, 0.6) is 0 Å². The van der Waals surface area contributed by atoms with Gasteiger partial charge in [0.1, 0.15) is 0 Å². The van der Waals surface area contributed by atoms with Gasteiger partial charge < -0.3 is 9.88 Å². The molecule has 0 spiro atoms. The summed E-state index contributed by atoms with van der Waals surface area (Å²) in [5, 5.41) is 1.99. The van der Waals surface area contributed by atoms with Gasteiger partial charge in [-0.05, 0) is 37.1 Å². The fourth-order valence-corrected chi connectivity index (χ4v) is 4.19. The summed E-state index contributed by atoms with van der Waals surface area (Å²) in [7, 11) is 1.85. The lowest BCUT2D eigenvalue weighted by Crippen LogP contribution is -2.25. The van der Waals surface area contributed by atoms with Gasteiger partial charge in [0.25, 0.3) is 5.91 Å².